The van der Waals surface area contributed by atoms with E-state index < -0.39 is 6.09 Å². The molecule has 10 heavy (non-hydrogen) atoms. The van der Waals surface area contributed by atoms with Crippen LogP contribution in [0.4, 0.5) is 4.79 Å². The Hall–Kier alpha value is -0.990. The molecule has 0 saturated carbocycles. The van der Waals surface area contributed by atoms with Crippen molar-refractivity contribution in [3.05, 3.63) is 12.2 Å². The molecule has 0 bridgehead atoms. The number of primary amides is 1. The van der Waals surface area contributed by atoms with Crippen molar-refractivity contribution in [2.24, 2.45) is 11.7 Å². The average Bonchev–Trinajstić information content (AvgIpc) is 1.79. The summed E-state index contributed by atoms with van der Waals surface area (Å²) in [6.07, 6.45) is 2.99. The fourth-order valence-corrected chi connectivity index (χ4v) is 0.458. The van der Waals surface area contributed by atoms with Crippen molar-refractivity contribution in [1.82, 2.24) is 0 Å². The lowest BCUT2D eigenvalue weighted by molar-refractivity contribution is 0.169. The molecule has 0 saturated heterocycles. The molecule has 0 aromatic rings. The molecule has 0 heterocycles. The largest absolute Gasteiger partial charge is 0.445 e. The summed E-state index contributed by atoms with van der Waals surface area (Å²) in [5.41, 5.74) is 4.71. The summed E-state index contributed by atoms with van der Waals surface area (Å²) in [7, 11) is 0. The van der Waals surface area contributed by atoms with Gasteiger partial charge in [-0.1, -0.05) is 26.0 Å². The minimum atomic E-state index is -0.728. The molecule has 1 amide bonds. The molecule has 3 nitrogen and oxygen atoms in total. The number of hydrogen-bond donors (Lipinski definition) is 1. The molecule has 2 N–H and O–H groups in total. The normalized spacial score (nSPS) is 10.7. The zero-order valence-corrected chi connectivity index (χ0v) is 6.33. The van der Waals surface area contributed by atoms with Gasteiger partial charge in [0.05, 0.1) is 0 Å². The molecule has 0 aromatic heterocycles. The van der Waals surface area contributed by atoms with E-state index in [9.17, 15) is 4.79 Å². The van der Waals surface area contributed by atoms with Crippen molar-refractivity contribution >= 4 is 6.09 Å². The third-order valence-corrected chi connectivity index (χ3v) is 0.843. The fraction of sp³-hybridized carbons (Fsp3) is 0.571. The number of ether oxygens (including phenoxy) is 1. The van der Waals surface area contributed by atoms with Gasteiger partial charge in [-0.25, -0.2) is 4.79 Å². The first kappa shape index (κ1) is 9.01. The van der Waals surface area contributed by atoms with Gasteiger partial charge in [0.15, 0.2) is 0 Å². The number of carbonyl (C=O) groups is 1. The summed E-state index contributed by atoms with van der Waals surface area (Å²) in [6.45, 7) is 4.36. The fourth-order valence-electron chi connectivity index (χ4n) is 0.458. The lowest BCUT2D eigenvalue weighted by Crippen LogP contribution is -2.12. The first-order chi connectivity index (χ1) is 4.63. The highest BCUT2D eigenvalue weighted by atomic mass is 16.5. The predicted molar refractivity (Wildman–Crippen MR) is 39.5 cm³/mol. The molecular formula is C7H13NO2. The molecule has 0 aromatic carbocycles. The summed E-state index contributed by atoms with van der Waals surface area (Å²) in [6, 6.07) is 0. The highest BCUT2D eigenvalue weighted by Gasteiger charge is 1.87. The van der Waals surface area contributed by atoms with Crippen LogP contribution >= 0.6 is 0 Å². The molecule has 0 aliphatic heterocycles. The van der Waals surface area contributed by atoms with Crippen LogP contribution in [0.15, 0.2) is 12.2 Å². The van der Waals surface area contributed by atoms with Crippen LogP contribution in [0.3, 0.4) is 0 Å². The van der Waals surface area contributed by atoms with Gasteiger partial charge in [0.2, 0.25) is 0 Å². The summed E-state index contributed by atoms with van der Waals surface area (Å²) in [5, 5.41) is 0. The predicted octanol–water partition coefficient (Wildman–Crippen LogP) is 1.29. The zero-order valence-electron chi connectivity index (χ0n) is 6.33. The lowest BCUT2D eigenvalue weighted by Gasteiger charge is -1.95. The third-order valence-electron chi connectivity index (χ3n) is 0.843. The van der Waals surface area contributed by atoms with Crippen molar-refractivity contribution in [3.63, 3.8) is 0 Å². The van der Waals surface area contributed by atoms with E-state index in [0.717, 1.165) is 0 Å². The zero-order chi connectivity index (χ0) is 7.98. The number of hydrogen-bond acceptors (Lipinski definition) is 2. The Morgan fingerprint density at radius 3 is 2.70 bits per heavy atom. The van der Waals surface area contributed by atoms with Crippen LogP contribution in [0.2, 0.25) is 0 Å². The standard InChI is InChI=1S/C7H13NO2/c1-6(2)4-3-5-10-7(8)9/h3-4,6H,5H2,1-2H3,(H2,8,9). The van der Waals surface area contributed by atoms with Crippen molar-refractivity contribution in [3.8, 4) is 0 Å². The van der Waals surface area contributed by atoms with Gasteiger partial charge in [0.1, 0.15) is 6.61 Å². The highest BCUT2D eigenvalue weighted by Crippen LogP contribution is 1.92. The Labute approximate surface area is 60.9 Å². The van der Waals surface area contributed by atoms with E-state index in [1.54, 1.807) is 6.08 Å². The second-order valence-corrected chi connectivity index (χ2v) is 2.30. The number of rotatable bonds is 3. The topological polar surface area (TPSA) is 52.3 Å². The quantitative estimate of drug-likeness (QED) is 0.605. The molecule has 0 aliphatic carbocycles. The monoisotopic (exact) mass is 143 g/mol. The number of nitrogens with two attached hydrogens (primary N) is 1. The molecule has 3 heteroatoms. The van der Waals surface area contributed by atoms with E-state index >= 15 is 0 Å². The Kier molecular flexibility index (Phi) is 4.37. The van der Waals surface area contributed by atoms with E-state index in [4.69, 9.17) is 5.73 Å². The van der Waals surface area contributed by atoms with Gasteiger partial charge in [0.25, 0.3) is 0 Å². The van der Waals surface area contributed by atoms with Gasteiger partial charge >= 0.3 is 6.09 Å². The average molecular weight is 143 g/mol. The van der Waals surface area contributed by atoms with Gasteiger partial charge < -0.3 is 10.5 Å². The van der Waals surface area contributed by atoms with Crippen molar-refractivity contribution < 1.29 is 9.53 Å². The van der Waals surface area contributed by atoms with Gasteiger partial charge in [-0.05, 0) is 5.92 Å². The van der Waals surface area contributed by atoms with Gasteiger partial charge in [-0.15, -0.1) is 0 Å². The van der Waals surface area contributed by atoms with E-state index in [1.165, 1.54) is 0 Å². The van der Waals surface area contributed by atoms with E-state index in [-0.39, 0.29) is 6.61 Å². The molecular weight excluding hydrogens is 130 g/mol. The maximum absolute atomic E-state index is 10.0. The van der Waals surface area contributed by atoms with Crippen LogP contribution in [-0.4, -0.2) is 12.7 Å². The Bertz CT molecular complexity index is 130. The first-order valence-corrected chi connectivity index (χ1v) is 3.22. The molecule has 0 rings (SSSR count). The number of carbonyl (C=O) groups excluding carboxylic acids is 1. The van der Waals surface area contributed by atoms with E-state index in [1.807, 2.05) is 19.9 Å². The lowest BCUT2D eigenvalue weighted by atomic mass is 10.2. The van der Waals surface area contributed by atoms with Crippen LogP contribution in [0, 0.1) is 5.92 Å². The Morgan fingerprint density at radius 1 is 1.70 bits per heavy atom. The van der Waals surface area contributed by atoms with Gasteiger partial charge in [0, 0.05) is 0 Å². The summed E-state index contributed by atoms with van der Waals surface area (Å²) >= 11 is 0. The second kappa shape index (κ2) is 4.85. The van der Waals surface area contributed by atoms with Crippen molar-refractivity contribution in [2.75, 3.05) is 6.61 Å². The highest BCUT2D eigenvalue weighted by molar-refractivity contribution is 5.64. The smallest absolute Gasteiger partial charge is 0.404 e. The minimum Gasteiger partial charge on any atom is -0.445 e. The van der Waals surface area contributed by atoms with Crippen LogP contribution in [0.25, 0.3) is 0 Å². The molecule has 0 radical (unpaired) electrons. The second-order valence-electron chi connectivity index (χ2n) is 2.30. The Morgan fingerprint density at radius 2 is 2.30 bits per heavy atom. The number of allylic oxidation sites excluding steroid dienone is 1. The van der Waals surface area contributed by atoms with Gasteiger partial charge in [-0.3, -0.25) is 0 Å². The molecule has 0 aliphatic rings. The maximum Gasteiger partial charge on any atom is 0.404 e. The third kappa shape index (κ3) is 7.01. The summed E-state index contributed by atoms with van der Waals surface area (Å²) < 4.78 is 4.44. The van der Waals surface area contributed by atoms with E-state index in [2.05, 4.69) is 4.74 Å². The first-order valence-electron chi connectivity index (χ1n) is 3.22. The van der Waals surface area contributed by atoms with Crippen molar-refractivity contribution in [1.29, 1.82) is 0 Å². The van der Waals surface area contributed by atoms with Crippen LogP contribution < -0.4 is 5.73 Å². The molecule has 58 valence electrons. The van der Waals surface area contributed by atoms with Crippen LogP contribution in [0.1, 0.15) is 13.8 Å². The van der Waals surface area contributed by atoms with Crippen LogP contribution in [0.5, 0.6) is 0 Å². The molecule has 0 unspecified atom stereocenters. The maximum atomic E-state index is 10.0. The van der Waals surface area contributed by atoms with Gasteiger partial charge in [-0.2, -0.15) is 0 Å². The SMILES string of the molecule is CC(C)C=CCOC(N)=O. The summed E-state index contributed by atoms with van der Waals surface area (Å²) in [4.78, 5) is 10.0. The van der Waals surface area contributed by atoms with Crippen molar-refractivity contribution in [2.45, 2.75) is 13.8 Å². The molecule has 0 fully saturated rings. The molecule has 0 atom stereocenters. The molecule has 0 spiro atoms. The van der Waals surface area contributed by atoms with Crippen LogP contribution in [-0.2, 0) is 4.74 Å². The number of amides is 1. The Balaban J connectivity index is 3.27. The van der Waals surface area contributed by atoms with E-state index in [0.29, 0.717) is 5.92 Å². The minimum absolute atomic E-state index is 0.271. The summed E-state index contributed by atoms with van der Waals surface area (Å²) in [5.74, 6) is 0.483.